The number of nitrogens with zero attached hydrogens (tertiary/aromatic N) is 3. The lowest BCUT2D eigenvalue weighted by molar-refractivity contribution is 0.0519. The van der Waals surface area contributed by atoms with Gasteiger partial charge in [0, 0.05) is 18.9 Å². The highest BCUT2D eigenvalue weighted by Crippen LogP contribution is 2.27. The van der Waals surface area contributed by atoms with Crippen molar-refractivity contribution in [1.29, 1.82) is 0 Å². The first kappa shape index (κ1) is 34.9. The van der Waals surface area contributed by atoms with Crippen molar-refractivity contribution < 1.29 is 38.4 Å². The minimum Gasteiger partial charge on any atom is -0.505 e. The van der Waals surface area contributed by atoms with Crippen LogP contribution in [-0.2, 0) is 24.1 Å². The molecule has 0 aliphatic heterocycles. The third kappa shape index (κ3) is 7.33. The number of aromatic hydroxyl groups is 2. The molecule has 0 fully saturated rings. The second-order valence-corrected chi connectivity index (χ2v) is 11.0. The first-order chi connectivity index (χ1) is 23.9. The van der Waals surface area contributed by atoms with E-state index in [-0.39, 0.29) is 34.8 Å². The SMILES string of the molecule is CCOC(=O)c1c(O)c2ncc(Cc3ccc(F)cc3)cc2n(CC)c1=O.O=C(O)c1c(O)c2ncc(Cc3ccc(F)cc3)cc2[nH]c1=O. The largest absolute Gasteiger partial charge is 0.505 e. The van der Waals surface area contributed by atoms with Crippen molar-refractivity contribution in [2.75, 3.05) is 6.61 Å². The van der Waals surface area contributed by atoms with Crippen LogP contribution < -0.4 is 11.1 Å². The predicted molar refractivity (Wildman–Crippen MR) is 179 cm³/mol. The van der Waals surface area contributed by atoms with E-state index in [0.717, 1.165) is 22.3 Å². The summed E-state index contributed by atoms with van der Waals surface area (Å²) >= 11 is 0. The number of aromatic nitrogens is 4. The van der Waals surface area contributed by atoms with E-state index in [1.165, 1.54) is 35.0 Å². The summed E-state index contributed by atoms with van der Waals surface area (Å²) in [7, 11) is 0. The van der Waals surface area contributed by atoms with E-state index in [9.17, 15) is 38.2 Å². The fraction of sp³-hybridized carbons (Fsp3) is 0.167. The van der Waals surface area contributed by atoms with Crippen LogP contribution in [0.3, 0.4) is 0 Å². The van der Waals surface area contributed by atoms with Crippen LogP contribution in [-0.4, -0.2) is 53.4 Å². The summed E-state index contributed by atoms with van der Waals surface area (Å²) in [5, 5.41) is 29.3. The fourth-order valence-corrected chi connectivity index (χ4v) is 5.32. The Bertz CT molecular complexity index is 2360. The van der Waals surface area contributed by atoms with Crippen LogP contribution in [0.1, 0.15) is 56.8 Å². The molecular formula is C36H30F2N4O8. The second-order valence-electron chi connectivity index (χ2n) is 11.0. The Balaban J connectivity index is 0.000000197. The fourth-order valence-electron chi connectivity index (χ4n) is 5.32. The van der Waals surface area contributed by atoms with Gasteiger partial charge in [0.1, 0.15) is 22.7 Å². The number of carboxylic acids is 1. The number of aromatic amines is 1. The number of pyridine rings is 4. The standard InChI is InChI=1S/C20H19FN2O4.C16H11FN2O4/c1-3-23-15-10-13(9-12-5-7-14(21)8-6-12)11-22-17(15)18(24)16(19(23)25)20(26)27-4-2;17-10-3-1-8(2-4-10)5-9-6-11-13(18-7-9)14(20)12(16(22)23)15(21)19-11/h5-8,10-11,24H,3-4,9H2,1-2H3;1-4,6-7H,5H2,(H,22,23)(H2,19,20,21). The number of carbonyl (C=O) groups is 2. The number of esters is 1. The van der Waals surface area contributed by atoms with Crippen molar-refractivity contribution >= 4 is 34.0 Å². The van der Waals surface area contributed by atoms with Crippen molar-refractivity contribution in [3.8, 4) is 11.5 Å². The van der Waals surface area contributed by atoms with Gasteiger partial charge in [-0.1, -0.05) is 24.3 Å². The number of hydrogen-bond donors (Lipinski definition) is 4. The van der Waals surface area contributed by atoms with Crippen LogP contribution in [0.15, 0.2) is 82.6 Å². The molecule has 0 aliphatic carbocycles. The molecular weight excluding hydrogens is 654 g/mol. The molecule has 0 unspecified atom stereocenters. The van der Waals surface area contributed by atoms with Gasteiger partial charge in [-0.2, -0.15) is 0 Å². The first-order valence-corrected chi connectivity index (χ1v) is 15.3. The molecule has 0 saturated heterocycles. The quantitative estimate of drug-likeness (QED) is 0.158. The molecule has 0 radical (unpaired) electrons. The zero-order valence-corrected chi connectivity index (χ0v) is 26.7. The zero-order chi connectivity index (χ0) is 36.1. The average molecular weight is 685 g/mol. The molecule has 0 saturated carbocycles. The molecule has 0 atom stereocenters. The van der Waals surface area contributed by atoms with Gasteiger partial charge in [-0.05, 0) is 85.3 Å². The topological polar surface area (TPSA) is 185 Å². The van der Waals surface area contributed by atoms with Crippen molar-refractivity contribution in [2.24, 2.45) is 0 Å². The van der Waals surface area contributed by atoms with E-state index in [1.54, 1.807) is 56.4 Å². The van der Waals surface area contributed by atoms with E-state index in [1.807, 2.05) is 0 Å². The molecule has 4 aromatic heterocycles. The van der Waals surface area contributed by atoms with Crippen LogP contribution >= 0.6 is 0 Å². The summed E-state index contributed by atoms with van der Waals surface area (Å²) < 4.78 is 32.2. The number of nitrogens with one attached hydrogen (secondary N) is 1. The van der Waals surface area contributed by atoms with Gasteiger partial charge in [-0.3, -0.25) is 19.6 Å². The Morgan fingerprint density at radius 3 is 1.82 bits per heavy atom. The van der Waals surface area contributed by atoms with Crippen LogP contribution in [0.5, 0.6) is 11.5 Å². The van der Waals surface area contributed by atoms with E-state index in [2.05, 4.69) is 15.0 Å². The summed E-state index contributed by atoms with van der Waals surface area (Å²) in [5.74, 6) is -4.19. The van der Waals surface area contributed by atoms with Gasteiger partial charge in [-0.15, -0.1) is 0 Å². The van der Waals surface area contributed by atoms with Crippen molar-refractivity contribution in [3.05, 3.63) is 139 Å². The lowest BCUT2D eigenvalue weighted by Gasteiger charge is -2.13. The Labute approximate surface area is 281 Å². The predicted octanol–water partition coefficient (Wildman–Crippen LogP) is 5.09. The summed E-state index contributed by atoms with van der Waals surface area (Å²) in [6.07, 6.45) is 3.97. The number of ether oxygens (including phenoxy) is 1. The molecule has 6 aromatic rings. The number of H-pyrrole nitrogens is 1. The molecule has 0 bridgehead atoms. The van der Waals surface area contributed by atoms with Crippen LogP contribution in [0, 0.1) is 11.6 Å². The molecule has 256 valence electrons. The first-order valence-electron chi connectivity index (χ1n) is 15.3. The molecule has 50 heavy (non-hydrogen) atoms. The Kier molecular flexibility index (Phi) is 10.3. The van der Waals surface area contributed by atoms with Gasteiger partial charge >= 0.3 is 11.9 Å². The van der Waals surface area contributed by atoms with Crippen molar-refractivity contribution in [1.82, 2.24) is 19.5 Å². The number of hydrogen-bond acceptors (Lipinski definition) is 9. The third-order valence-corrected chi connectivity index (χ3v) is 7.67. The number of benzene rings is 2. The zero-order valence-electron chi connectivity index (χ0n) is 26.7. The normalized spacial score (nSPS) is 10.9. The van der Waals surface area contributed by atoms with Crippen LogP contribution in [0.4, 0.5) is 8.78 Å². The lowest BCUT2D eigenvalue weighted by Crippen LogP contribution is -2.27. The molecule has 12 nitrogen and oxygen atoms in total. The summed E-state index contributed by atoms with van der Waals surface area (Å²) in [5.41, 5.74) is 1.39. The summed E-state index contributed by atoms with van der Waals surface area (Å²) in [4.78, 5) is 58.2. The highest BCUT2D eigenvalue weighted by atomic mass is 19.1. The number of aryl methyl sites for hydroxylation is 1. The number of fused-ring (bicyclic) bond motifs is 2. The van der Waals surface area contributed by atoms with Gasteiger partial charge in [0.15, 0.2) is 22.6 Å². The van der Waals surface area contributed by atoms with Gasteiger partial charge in [-0.25, -0.2) is 18.4 Å². The van der Waals surface area contributed by atoms with E-state index < -0.39 is 45.7 Å². The Hall–Kier alpha value is -6.44. The summed E-state index contributed by atoms with van der Waals surface area (Å²) in [6, 6.07) is 15.4. The smallest absolute Gasteiger partial charge is 0.347 e. The minimum absolute atomic E-state index is 0.00450. The molecule has 0 amide bonds. The van der Waals surface area contributed by atoms with Gasteiger partial charge in [0.25, 0.3) is 11.1 Å². The van der Waals surface area contributed by atoms with E-state index >= 15 is 0 Å². The van der Waals surface area contributed by atoms with E-state index in [4.69, 9.17) is 9.84 Å². The minimum atomic E-state index is -1.53. The summed E-state index contributed by atoms with van der Waals surface area (Å²) in [6.45, 7) is 3.77. The maximum atomic E-state index is 13.1. The van der Waals surface area contributed by atoms with Crippen molar-refractivity contribution in [3.63, 3.8) is 0 Å². The number of carbonyl (C=O) groups excluding carboxylic acids is 1. The molecule has 4 heterocycles. The lowest BCUT2D eigenvalue weighted by atomic mass is 10.1. The highest BCUT2D eigenvalue weighted by Gasteiger charge is 2.24. The molecule has 6 rings (SSSR count). The number of halogens is 2. The number of rotatable bonds is 8. The van der Waals surface area contributed by atoms with Crippen LogP contribution in [0.25, 0.3) is 22.1 Å². The monoisotopic (exact) mass is 684 g/mol. The number of aromatic carboxylic acids is 1. The van der Waals surface area contributed by atoms with E-state index in [0.29, 0.717) is 24.9 Å². The molecule has 4 N–H and O–H groups in total. The number of carboxylic acid groups (broad SMARTS) is 1. The van der Waals surface area contributed by atoms with Gasteiger partial charge < -0.3 is 29.6 Å². The van der Waals surface area contributed by atoms with Gasteiger partial charge in [0.05, 0.1) is 17.6 Å². The maximum Gasteiger partial charge on any atom is 0.347 e. The maximum absolute atomic E-state index is 13.1. The third-order valence-electron chi connectivity index (χ3n) is 7.67. The van der Waals surface area contributed by atoms with Gasteiger partial charge in [0.2, 0.25) is 0 Å². The Morgan fingerprint density at radius 1 is 0.780 bits per heavy atom. The second kappa shape index (κ2) is 14.8. The van der Waals surface area contributed by atoms with Crippen molar-refractivity contribution in [2.45, 2.75) is 33.2 Å². The highest BCUT2D eigenvalue weighted by molar-refractivity contribution is 5.98. The van der Waals surface area contributed by atoms with Crippen LogP contribution in [0.2, 0.25) is 0 Å². The average Bonchev–Trinajstić information content (AvgIpc) is 3.07. The molecule has 2 aromatic carbocycles. The molecule has 0 spiro atoms. The molecule has 0 aliphatic rings. The Morgan fingerprint density at radius 2 is 1.30 bits per heavy atom. The molecule has 14 heteroatoms.